The van der Waals surface area contributed by atoms with E-state index in [-0.39, 0.29) is 54.7 Å². The van der Waals surface area contributed by atoms with Gasteiger partial charge in [-0.1, -0.05) is 70.4 Å². The first-order chi connectivity index (χ1) is 14.0. The molecule has 1 amide bonds. The average Bonchev–Trinajstić information content (AvgIpc) is 2.67. The van der Waals surface area contributed by atoms with Crippen molar-refractivity contribution < 1.29 is 54.2 Å². The molecule has 6 nitrogen and oxygen atoms in total. The molecule has 2 N–H and O–H groups in total. The molecule has 0 unspecified atom stereocenters. The molecule has 0 bridgehead atoms. The Bertz CT molecular complexity index is 482. The van der Waals surface area contributed by atoms with Crippen LogP contribution < -0.4 is 40.0 Å². The zero-order valence-electron chi connectivity index (χ0n) is 19.1. The van der Waals surface area contributed by atoms with Gasteiger partial charge < -0.3 is 20.3 Å². The maximum Gasteiger partial charge on any atom is 1.00 e. The van der Waals surface area contributed by atoms with Gasteiger partial charge in [-0.05, 0) is 38.5 Å². The van der Waals surface area contributed by atoms with Crippen LogP contribution >= 0.6 is 0 Å². The molecule has 0 saturated heterocycles. The van der Waals surface area contributed by atoms with Crippen molar-refractivity contribution in [2.45, 2.75) is 116 Å². The molecule has 0 aromatic rings. The fourth-order valence-corrected chi connectivity index (χ4v) is 3.14. The minimum atomic E-state index is -1.44. The molecule has 7 heteroatoms. The predicted octanol–water partition coefficient (Wildman–Crippen LogP) is 1.13. The second-order valence-electron chi connectivity index (χ2n) is 7.71. The van der Waals surface area contributed by atoms with Crippen LogP contribution in [0.3, 0.4) is 0 Å². The number of carboxylic acids is 2. The zero-order chi connectivity index (χ0) is 21.7. The van der Waals surface area contributed by atoms with E-state index in [0.717, 1.165) is 32.1 Å². The fraction of sp³-hybridized carbons (Fsp3) is 0.783. The molecule has 0 radical (unpaired) electrons. The molecule has 0 aliphatic rings. The number of rotatable bonds is 20. The quantitative estimate of drug-likeness (QED) is 0.170. The van der Waals surface area contributed by atoms with E-state index in [1.807, 2.05) is 0 Å². The van der Waals surface area contributed by atoms with Gasteiger partial charge in [-0.2, -0.15) is 0 Å². The van der Waals surface area contributed by atoms with Crippen molar-refractivity contribution in [3.8, 4) is 0 Å². The summed E-state index contributed by atoms with van der Waals surface area (Å²) < 4.78 is 0. The summed E-state index contributed by atoms with van der Waals surface area (Å²) in [4.78, 5) is 33.2. The molecule has 0 aromatic heterocycles. The van der Waals surface area contributed by atoms with Crippen LogP contribution in [-0.2, 0) is 14.4 Å². The minimum Gasteiger partial charge on any atom is -0.548 e. The van der Waals surface area contributed by atoms with E-state index in [0.29, 0.717) is 6.42 Å². The van der Waals surface area contributed by atoms with Gasteiger partial charge in [0.05, 0.1) is 12.0 Å². The fourth-order valence-electron chi connectivity index (χ4n) is 3.14. The number of carbonyl (C=O) groups excluding carboxylic acids is 2. The van der Waals surface area contributed by atoms with Gasteiger partial charge >= 0.3 is 35.5 Å². The molecule has 0 heterocycles. The van der Waals surface area contributed by atoms with Crippen LogP contribution in [0.5, 0.6) is 0 Å². The molecule has 0 aliphatic carbocycles. The summed E-state index contributed by atoms with van der Waals surface area (Å²) in [6.45, 7) is 2.24. The second-order valence-corrected chi connectivity index (χ2v) is 7.71. The number of aliphatic carboxylic acids is 2. The first-order valence-electron chi connectivity index (χ1n) is 11.3. The number of hydrogen-bond donors (Lipinski definition) is 2. The van der Waals surface area contributed by atoms with Crippen molar-refractivity contribution in [1.29, 1.82) is 0 Å². The van der Waals surface area contributed by atoms with Crippen molar-refractivity contribution in [3.05, 3.63) is 12.2 Å². The van der Waals surface area contributed by atoms with Gasteiger partial charge in [0.15, 0.2) is 0 Å². The third-order valence-corrected chi connectivity index (χ3v) is 4.93. The number of hydrogen-bond acceptors (Lipinski definition) is 4. The molecule has 168 valence electrons. The third kappa shape index (κ3) is 21.8. The van der Waals surface area contributed by atoms with Gasteiger partial charge in [0.2, 0.25) is 5.91 Å². The number of allylic oxidation sites excluding steroid dienone is 2. The molecule has 0 rings (SSSR count). The molecule has 0 fully saturated rings. The van der Waals surface area contributed by atoms with E-state index in [1.54, 1.807) is 0 Å². The molecule has 0 spiro atoms. The van der Waals surface area contributed by atoms with E-state index in [1.165, 1.54) is 44.9 Å². The summed E-state index contributed by atoms with van der Waals surface area (Å²) in [6.07, 6.45) is 19.6. The van der Waals surface area contributed by atoms with Gasteiger partial charge in [-0.15, -0.1) is 0 Å². The van der Waals surface area contributed by atoms with E-state index in [2.05, 4.69) is 24.4 Å². The van der Waals surface area contributed by atoms with Crippen molar-refractivity contribution in [1.82, 2.24) is 5.32 Å². The molecule has 0 aliphatic heterocycles. The van der Waals surface area contributed by atoms with Gasteiger partial charge in [0, 0.05) is 12.8 Å². The number of unbranched alkanes of at least 4 members (excludes halogenated alkanes) is 11. The Labute approximate surface area is 204 Å². The number of carbonyl (C=O) groups is 3. The summed E-state index contributed by atoms with van der Waals surface area (Å²) in [5.74, 6) is -2.89. The van der Waals surface area contributed by atoms with Crippen molar-refractivity contribution in [2.75, 3.05) is 0 Å². The minimum absolute atomic E-state index is 0. The number of amides is 1. The second kappa shape index (κ2) is 22.8. The Hall–Kier alpha value is -0.850. The molecular weight excluding hydrogens is 393 g/mol. The van der Waals surface area contributed by atoms with Crippen LogP contribution in [0.1, 0.15) is 110 Å². The van der Waals surface area contributed by atoms with E-state index in [9.17, 15) is 19.5 Å². The molecule has 0 aromatic carbocycles. The molecule has 30 heavy (non-hydrogen) atoms. The maximum absolute atomic E-state index is 11.8. The van der Waals surface area contributed by atoms with Crippen molar-refractivity contribution in [2.24, 2.45) is 0 Å². The van der Waals surface area contributed by atoms with E-state index in [4.69, 9.17) is 5.11 Å². The Balaban J connectivity index is 0. The van der Waals surface area contributed by atoms with E-state index < -0.39 is 18.0 Å². The standard InChI is InChI=1S/C23H41NO5.Na/c1-2-3-4-5-6-7-8-9-10-11-12-13-14-15-16-17-21(25)24-20(23(28)29)18-19-22(26)27;/h9-10,20H,2-8,11-19H2,1H3,(H,24,25)(H,26,27)(H,28,29);/q;+1/p-1/b10-9-;/t20-;/m0./s1. The Morgan fingerprint density at radius 2 is 1.33 bits per heavy atom. The van der Waals surface area contributed by atoms with Gasteiger partial charge in [-0.3, -0.25) is 9.59 Å². The summed E-state index contributed by atoms with van der Waals surface area (Å²) in [5, 5.41) is 21.9. The summed E-state index contributed by atoms with van der Waals surface area (Å²) in [5.41, 5.74) is 0. The summed E-state index contributed by atoms with van der Waals surface area (Å²) in [7, 11) is 0. The Morgan fingerprint density at radius 3 is 1.83 bits per heavy atom. The monoisotopic (exact) mass is 433 g/mol. The predicted molar refractivity (Wildman–Crippen MR) is 113 cm³/mol. The van der Waals surface area contributed by atoms with Crippen LogP contribution in [0.15, 0.2) is 12.2 Å². The van der Waals surface area contributed by atoms with Crippen LogP contribution in [0.4, 0.5) is 0 Å². The maximum atomic E-state index is 11.8. The number of nitrogens with one attached hydrogen (secondary N) is 1. The Kier molecular flexibility index (Phi) is 23.8. The summed E-state index contributed by atoms with van der Waals surface area (Å²) >= 11 is 0. The van der Waals surface area contributed by atoms with Crippen LogP contribution in [0, 0.1) is 0 Å². The van der Waals surface area contributed by atoms with Crippen LogP contribution in [0.25, 0.3) is 0 Å². The van der Waals surface area contributed by atoms with Gasteiger partial charge in [0.1, 0.15) is 0 Å². The number of carboxylic acid groups (broad SMARTS) is 2. The van der Waals surface area contributed by atoms with Crippen LogP contribution in [-0.4, -0.2) is 29.0 Å². The average molecular weight is 434 g/mol. The zero-order valence-corrected chi connectivity index (χ0v) is 21.1. The Morgan fingerprint density at radius 1 is 0.833 bits per heavy atom. The molecule has 1 atom stereocenters. The smallest absolute Gasteiger partial charge is 0.548 e. The summed E-state index contributed by atoms with van der Waals surface area (Å²) in [6, 6.07) is -1.23. The molecule has 0 saturated carbocycles. The van der Waals surface area contributed by atoms with Gasteiger partial charge in [0.25, 0.3) is 0 Å². The first kappa shape index (κ1) is 31.3. The van der Waals surface area contributed by atoms with Crippen molar-refractivity contribution in [3.63, 3.8) is 0 Å². The normalized spacial score (nSPS) is 11.8. The van der Waals surface area contributed by atoms with E-state index >= 15 is 0 Å². The largest absolute Gasteiger partial charge is 1.00 e. The molecular formula is C23H40NNaO5. The van der Waals surface area contributed by atoms with Gasteiger partial charge in [-0.25, -0.2) is 0 Å². The SMILES string of the molecule is CCCCCCCC/C=C\CCCCCCCC(=O)N[C@@H](CCC(=O)O)C(=O)[O-].[Na+]. The first-order valence-corrected chi connectivity index (χ1v) is 11.3. The van der Waals surface area contributed by atoms with Crippen LogP contribution in [0.2, 0.25) is 0 Å². The van der Waals surface area contributed by atoms with Crippen molar-refractivity contribution >= 4 is 17.8 Å². The topological polar surface area (TPSA) is 107 Å². The third-order valence-electron chi connectivity index (χ3n) is 4.93.